The first kappa shape index (κ1) is 38.2. The minimum absolute atomic E-state index is 0.0316. The van der Waals surface area contributed by atoms with Crippen LogP contribution in [-0.2, 0) is 30.4 Å². The highest BCUT2D eigenvalue weighted by Crippen LogP contribution is 2.40. The average Bonchev–Trinajstić information content (AvgIpc) is 3.07. The Hall–Kier alpha value is -5.20. The minimum atomic E-state index is -1.28. The summed E-state index contributed by atoms with van der Waals surface area (Å²) in [7, 11) is 1.42. The second-order valence-corrected chi connectivity index (χ2v) is 11.7. The third-order valence-corrected chi connectivity index (χ3v) is 7.88. The molecule has 0 aromatic heterocycles. The first-order valence-electron chi connectivity index (χ1n) is 16.1. The summed E-state index contributed by atoms with van der Waals surface area (Å²) in [4.78, 5) is 67.4. The van der Waals surface area contributed by atoms with E-state index in [0.29, 0.717) is 40.2 Å². The van der Waals surface area contributed by atoms with Gasteiger partial charge in [-0.2, -0.15) is 5.26 Å². The summed E-state index contributed by atoms with van der Waals surface area (Å²) in [5.74, 6) is -2.10. The van der Waals surface area contributed by atoms with Crippen molar-refractivity contribution in [1.82, 2.24) is 26.2 Å². The number of benzene rings is 2. The van der Waals surface area contributed by atoms with E-state index in [1.165, 1.54) is 32.7 Å². The van der Waals surface area contributed by atoms with E-state index in [0.717, 1.165) is 0 Å². The smallest absolute Gasteiger partial charge is 0.248 e. The number of nitrogens with one attached hydrogen (secondary N) is 4. The van der Waals surface area contributed by atoms with E-state index in [-0.39, 0.29) is 32.7 Å². The molecule has 0 fully saturated rings. The molecule has 49 heavy (non-hydrogen) atoms. The normalized spacial score (nSPS) is 18.7. The van der Waals surface area contributed by atoms with Gasteiger partial charge in [0, 0.05) is 44.6 Å². The number of nitriles is 1. The molecule has 0 unspecified atom stereocenters. The van der Waals surface area contributed by atoms with Crippen LogP contribution in [0.4, 0.5) is 0 Å². The van der Waals surface area contributed by atoms with Crippen LogP contribution in [0.1, 0.15) is 51.3 Å². The number of likely N-dealkylation sites (N-methyl/N-ethyl adjacent to an activating group) is 1. The predicted octanol–water partition coefficient (Wildman–Crippen LogP) is 0.0167. The van der Waals surface area contributed by atoms with Crippen LogP contribution >= 0.6 is 0 Å². The van der Waals surface area contributed by atoms with Crippen LogP contribution in [0.5, 0.6) is 11.5 Å². The molecule has 1 heterocycles. The molecule has 5 atom stereocenters. The van der Waals surface area contributed by atoms with Gasteiger partial charge in [0.25, 0.3) is 0 Å². The number of ether oxygens (including phenoxy) is 2. The zero-order valence-electron chi connectivity index (χ0n) is 28.5. The number of rotatable bonds is 12. The van der Waals surface area contributed by atoms with Crippen molar-refractivity contribution in [3.05, 3.63) is 47.5 Å². The van der Waals surface area contributed by atoms with E-state index in [2.05, 4.69) is 21.3 Å². The molecule has 8 N–H and O–H groups in total. The van der Waals surface area contributed by atoms with Crippen molar-refractivity contribution in [2.24, 2.45) is 11.5 Å². The van der Waals surface area contributed by atoms with Gasteiger partial charge in [-0.3, -0.25) is 24.0 Å². The van der Waals surface area contributed by atoms with Crippen molar-refractivity contribution < 1.29 is 33.4 Å². The van der Waals surface area contributed by atoms with Crippen molar-refractivity contribution >= 4 is 29.5 Å². The molecular weight excluding hydrogens is 632 g/mol. The highest BCUT2D eigenvalue weighted by atomic mass is 16.5. The zero-order valence-corrected chi connectivity index (χ0v) is 28.5. The molecule has 0 spiro atoms. The minimum Gasteiger partial charge on any atom is -0.492 e. The molecule has 15 heteroatoms. The van der Waals surface area contributed by atoms with E-state index in [1.807, 2.05) is 6.07 Å². The van der Waals surface area contributed by atoms with Crippen LogP contribution in [0, 0.1) is 11.3 Å². The second kappa shape index (κ2) is 17.8. The Kier molecular flexibility index (Phi) is 13.9. The Morgan fingerprint density at radius 1 is 1.00 bits per heavy atom. The topological polar surface area (TPSA) is 231 Å². The molecule has 1 aliphatic rings. The molecule has 2 aromatic carbocycles. The van der Waals surface area contributed by atoms with Gasteiger partial charge in [0.15, 0.2) is 0 Å². The van der Waals surface area contributed by atoms with Crippen molar-refractivity contribution in [2.45, 2.75) is 70.7 Å². The van der Waals surface area contributed by atoms with Crippen LogP contribution in [-0.4, -0.2) is 92.0 Å². The molecule has 0 saturated heterocycles. The van der Waals surface area contributed by atoms with Crippen LogP contribution in [0.3, 0.4) is 0 Å². The van der Waals surface area contributed by atoms with E-state index < -0.39 is 59.7 Å². The van der Waals surface area contributed by atoms with Crippen molar-refractivity contribution in [3.8, 4) is 28.7 Å². The Morgan fingerprint density at radius 2 is 1.61 bits per heavy atom. The Bertz CT molecular complexity index is 1580. The SMILES string of the molecule is CC[C@@H](C#N)NC(=O)[C@@H]1Cc2ccc(OCCN)c(c2)-c2cc(ccc2OCCN)[C@H](N(C)C(=O)[C@H](C)NC(C)=O)C(=O)N[C@@H](C)C(=O)N1. The number of carbonyl (C=O) groups is 5. The monoisotopic (exact) mass is 678 g/mol. The van der Waals surface area contributed by atoms with Gasteiger partial charge in [-0.05, 0) is 55.7 Å². The largest absolute Gasteiger partial charge is 0.492 e. The summed E-state index contributed by atoms with van der Waals surface area (Å²) < 4.78 is 12.0. The Labute approximate surface area is 286 Å². The quantitative estimate of drug-likeness (QED) is 0.176. The van der Waals surface area contributed by atoms with Crippen molar-refractivity contribution in [3.63, 3.8) is 0 Å². The third-order valence-electron chi connectivity index (χ3n) is 7.88. The van der Waals surface area contributed by atoms with Gasteiger partial charge in [-0.25, -0.2) is 0 Å². The fourth-order valence-electron chi connectivity index (χ4n) is 5.38. The lowest BCUT2D eigenvalue weighted by atomic mass is 9.93. The fourth-order valence-corrected chi connectivity index (χ4v) is 5.38. The number of nitrogens with zero attached hydrogens (tertiary/aromatic N) is 2. The van der Waals surface area contributed by atoms with E-state index in [1.54, 1.807) is 43.3 Å². The van der Waals surface area contributed by atoms with Crippen LogP contribution < -0.4 is 42.2 Å². The van der Waals surface area contributed by atoms with Gasteiger partial charge in [0.1, 0.15) is 54.9 Å². The summed E-state index contributed by atoms with van der Waals surface area (Å²) in [5, 5.41) is 20.1. The number of nitrogens with two attached hydrogens (primary N) is 2. The van der Waals surface area contributed by atoms with Gasteiger partial charge in [-0.1, -0.05) is 19.1 Å². The molecule has 15 nitrogen and oxygen atoms in total. The molecule has 1 aliphatic heterocycles. The molecule has 0 aliphatic carbocycles. The zero-order chi connectivity index (χ0) is 36.2. The maximum absolute atomic E-state index is 14.0. The third kappa shape index (κ3) is 9.91. The molecule has 264 valence electrons. The summed E-state index contributed by atoms with van der Waals surface area (Å²) in [6.07, 6.45) is 0.382. The first-order chi connectivity index (χ1) is 23.3. The number of fused-ring (bicyclic) bond motifs is 5. The maximum atomic E-state index is 14.0. The van der Waals surface area contributed by atoms with Crippen molar-refractivity contribution in [1.29, 1.82) is 5.26 Å². The van der Waals surface area contributed by atoms with Gasteiger partial charge in [0.05, 0.1) is 6.07 Å². The number of hydrogen-bond acceptors (Lipinski definition) is 10. The van der Waals surface area contributed by atoms with Crippen LogP contribution in [0.2, 0.25) is 0 Å². The van der Waals surface area contributed by atoms with Gasteiger partial charge >= 0.3 is 0 Å². The summed E-state index contributed by atoms with van der Waals surface area (Å²) in [6.45, 7) is 6.77. The summed E-state index contributed by atoms with van der Waals surface area (Å²) in [6, 6.07) is 6.96. The summed E-state index contributed by atoms with van der Waals surface area (Å²) in [5.41, 5.74) is 13.5. The summed E-state index contributed by atoms with van der Waals surface area (Å²) >= 11 is 0. The van der Waals surface area contributed by atoms with Gasteiger partial charge in [0.2, 0.25) is 29.5 Å². The lowest BCUT2D eigenvalue weighted by Gasteiger charge is -2.32. The van der Waals surface area contributed by atoms with E-state index >= 15 is 0 Å². The molecule has 5 amide bonds. The molecule has 3 rings (SSSR count). The number of carbonyl (C=O) groups excluding carboxylic acids is 5. The predicted molar refractivity (Wildman–Crippen MR) is 181 cm³/mol. The van der Waals surface area contributed by atoms with Gasteiger partial charge < -0.3 is 47.1 Å². The highest BCUT2D eigenvalue weighted by molar-refractivity contribution is 5.96. The van der Waals surface area contributed by atoms with E-state index in [9.17, 15) is 29.2 Å². The standard InChI is InChI=1S/C34H46N8O7/c1-6-24(18-37)40-32(45)27-16-22-7-9-28(48-13-11-35)25(15-22)26-17-23(8-10-29(26)49-14-12-36)30(33(46)39-19(2)31(44)41-27)42(5)34(47)20(3)38-21(4)43/h7-10,15,17,19-20,24,27,30H,6,11-14,16,35-36H2,1-5H3,(H,38,43)(H,39,46)(H,40,45)(H,41,44)/t19-,20-,24-,27-,30-/m0/s1. The maximum Gasteiger partial charge on any atom is 0.248 e. The first-order valence-corrected chi connectivity index (χ1v) is 16.1. The number of amides is 5. The van der Waals surface area contributed by atoms with Crippen LogP contribution in [0.15, 0.2) is 36.4 Å². The number of hydrogen-bond donors (Lipinski definition) is 6. The molecule has 0 saturated carbocycles. The van der Waals surface area contributed by atoms with Crippen molar-refractivity contribution in [2.75, 3.05) is 33.4 Å². The lowest BCUT2D eigenvalue weighted by Crippen LogP contribution is -2.56. The van der Waals surface area contributed by atoms with Gasteiger partial charge in [-0.15, -0.1) is 0 Å². The molecule has 0 radical (unpaired) electrons. The lowest BCUT2D eigenvalue weighted by molar-refractivity contribution is -0.142. The highest BCUT2D eigenvalue weighted by Gasteiger charge is 2.35. The fraction of sp³-hybridized carbons (Fsp3) is 0.471. The Balaban J connectivity index is 2.30. The molecule has 2 aromatic rings. The molecular formula is C34H46N8O7. The second-order valence-electron chi connectivity index (χ2n) is 11.7. The molecule has 4 bridgehead atoms. The Morgan fingerprint density at radius 3 is 2.18 bits per heavy atom. The van der Waals surface area contributed by atoms with E-state index in [4.69, 9.17) is 20.9 Å². The average molecular weight is 679 g/mol. The van der Waals surface area contributed by atoms with Crippen LogP contribution in [0.25, 0.3) is 11.1 Å².